The highest BCUT2D eigenvalue weighted by molar-refractivity contribution is 6.39. The van der Waals surface area contributed by atoms with Crippen LogP contribution < -0.4 is 10.1 Å². The number of benzene rings is 2. The van der Waals surface area contributed by atoms with Gasteiger partial charge in [0.2, 0.25) is 0 Å². The minimum atomic E-state index is -0.431. The topological polar surface area (TPSA) is 51.5 Å². The molecule has 0 aliphatic heterocycles. The van der Waals surface area contributed by atoms with E-state index in [0.717, 1.165) is 16.9 Å². The van der Waals surface area contributed by atoms with Crippen molar-refractivity contribution in [1.82, 2.24) is 0 Å². The van der Waals surface area contributed by atoms with Crippen molar-refractivity contribution in [2.75, 3.05) is 5.32 Å². The van der Waals surface area contributed by atoms with Crippen LogP contribution in [0.3, 0.4) is 0 Å². The molecule has 146 valence electrons. The average molecular weight is 418 g/mol. The van der Waals surface area contributed by atoms with Gasteiger partial charge in [-0.25, -0.2) is 0 Å². The number of nitrogens with one attached hydrogen (secondary N) is 1. The molecule has 1 amide bonds. The number of halogens is 2. The molecule has 0 radical (unpaired) electrons. The number of hydrogen-bond acceptors (Lipinski definition) is 3. The van der Waals surface area contributed by atoms with Crippen molar-refractivity contribution in [2.45, 2.75) is 33.3 Å². The van der Waals surface area contributed by atoms with E-state index in [-0.39, 0.29) is 12.4 Å². The highest BCUT2D eigenvalue weighted by Gasteiger charge is 2.16. The third kappa shape index (κ3) is 4.70. The molecule has 1 aromatic heterocycles. The van der Waals surface area contributed by atoms with Crippen LogP contribution in [0.4, 0.5) is 5.69 Å². The van der Waals surface area contributed by atoms with Crippen LogP contribution in [0.2, 0.25) is 10.0 Å². The van der Waals surface area contributed by atoms with Crippen molar-refractivity contribution in [2.24, 2.45) is 0 Å². The van der Waals surface area contributed by atoms with Crippen LogP contribution in [0.1, 0.15) is 47.2 Å². The zero-order chi connectivity index (χ0) is 20.3. The smallest absolute Gasteiger partial charge is 0.291 e. The summed E-state index contributed by atoms with van der Waals surface area (Å²) in [5.74, 6) is 1.43. The van der Waals surface area contributed by atoms with Crippen LogP contribution in [0.5, 0.6) is 5.75 Å². The molecule has 0 unspecified atom stereocenters. The first kappa shape index (κ1) is 20.3. The number of aryl methyl sites for hydroxylation is 1. The second-order valence-electron chi connectivity index (χ2n) is 6.80. The minimum Gasteiger partial charge on any atom is -0.485 e. The quantitative estimate of drug-likeness (QED) is 0.476. The molecule has 0 atom stereocenters. The molecule has 1 N–H and O–H groups in total. The van der Waals surface area contributed by atoms with Crippen LogP contribution in [0.15, 0.2) is 52.9 Å². The minimum absolute atomic E-state index is 0.155. The summed E-state index contributed by atoms with van der Waals surface area (Å²) in [4.78, 5) is 12.4. The van der Waals surface area contributed by atoms with Crippen LogP contribution in [-0.4, -0.2) is 5.91 Å². The lowest BCUT2D eigenvalue weighted by atomic mass is 10.0. The van der Waals surface area contributed by atoms with E-state index in [9.17, 15) is 4.79 Å². The molecular formula is C22H21Cl2NO3. The molecule has 0 spiro atoms. The Hall–Kier alpha value is -2.43. The first-order valence-corrected chi connectivity index (χ1v) is 9.68. The number of furan rings is 1. The fraction of sp³-hybridized carbons (Fsp3) is 0.227. The van der Waals surface area contributed by atoms with Gasteiger partial charge in [0.1, 0.15) is 18.1 Å². The summed E-state index contributed by atoms with van der Waals surface area (Å²) < 4.78 is 11.6. The molecule has 2 aromatic carbocycles. The van der Waals surface area contributed by atoms with Crippen molar-refractivity contribution < 1.29 is 13.9 Å². The lowest BCUT2D eigenvalue weighted by molar-refractivity contribution is 0.0992. The van der Waals surface area contributed by atoms with E-state index in [0.29, 0.717) is 27.4 Å². The Labute approximate surface area is 174 Å². The van der Waals surface area contributed by atoms with Gasteiger partial charge in [-0.1, -0.05) is 55.2 Å². The van der Waals surface area contributed by atoms with E-state index in [1.54, 1.807) is 30.3 Å². The molecule has 0 saturated heterocycles. The highest BCUT2D eigenvalue weighted by atomic mass is 35.5. The van der Waals surface area contributed by atoms with Crippen LogP contribution in [0, 0.1) is 6.92 Å². The van der Waals surface area contributed by atoms with E-state index in [2.05, 4.69) is 31.3 Å². The van der Waals surface area contributed by atoms with Gasteiger partial charge in [0, 0.05) is 0 Å². The Morgan fingerprint density at radius 2 is 1.82 bits per heavy atom. The van der Waals surface area contributed by atoms with Gasteiger partial charge in [0.25, 0.3) is 5.91 Å². The maximum atomic E-state index is 12.4. The van der Waals surface area contributed by atoms with E-state index in [1.165, 1.54) is 0 Å². The van der Waals surface area contributed by atoms with Gasteiger partial charge < -0.3 is 14.5 Å². The fourth-order valence-corrected chi connectivity index (χ4v) is 3.25. The normalized spacial score (nSPS) is 10.9. The molecule has 0 bridgehead atoms. The number of carbonyl (C=O) groups excluding carboxylic acids is 1. The number of anilines is 1. The Kier molecular flexibility index (Phi) is 6.32. The summed E-state index contributed by atoms with van der Waals surface area (Å²) in [5.41, 5.74) is 2.60. The molecule has 0 saturated carbocycles. The van der Waals surface area contributed by atoms with Crippen molar-refractivity contribution in [3.05, 3.63) is 81.2 Å². The summed E-state index contributed by atoms with van der Waals surface area (Å²) in [6.07, 6.45) is 0. The lowest BCUT2D eigenvalue weighted by Gasteiger charge is -2.14. The Morgan fingerprint density at radius 3 is 2.50 bits per heavy atom. The molecule has 3 rings (SSSR count). The average Bonchev–Trinajstić information content (AvgIpc) is 3.12. The summed E-state index contributed by atoms with van der Waals surface area (Å²) in [6, 6.07) is 14.5. The zero-order valence-corrected chi connectivity index (χ0v) is 17.4. The predicted octanol–water partition coefficient (Wildman–Crippen LogP) is 6.85. The molecule has 0 aliphatic carbocycles. The van der Waals surface area contributed by atoms with E-state index in [4.69, 9.17) is 32.4 Å². The van der Waals surface area contributed by atoms with Gasteiger partial charge in [-0.15, -0.1) is 0 Å². The number of para-hydroxylation sites is 1. The summed E-state index contributed by atoms with van der Waals surface area (Å²) in [6.45, 7) is 6.48. The Bertz CT molecular complexity index is 975. The van der Waals surface area contributed by atoms with Crippen LogP contribution in [-0.2, 0) is 6.61 Å². The molecule has 4 nitrogen and oxygen atoms in total. The van der Waals surface area contributed by atoms with Gasteiger partial charge in [-0.05, 0) is 54.3 Å². The van der Waals surface area contributed by atoms with Crippen LogP contribution in [0.25, 0.3) is 0 Å². The molecule has 0 fully saturated rings. The second-order valence-corrected chi connectivity index (χ2v) is 7.62. The van der Waals surface area contributed by atoms with Crippen LogP contribution >= 0.6 is 23.2 Å². The van der Waals surface area contributed by atoms with Gasteiger partial charge >= 0.3 is 0 Å². The fourth-order valence-electron chi connectivity index (χ4n) is 2.76. The van der Waals surface area contributed by atoms with Crippen molar-refractivity contribution in [1.29, 1.82) is 0 Å². The number of carbonyl (C=O) groups is 1. The summed E-state index contributed by atoms with van der Waals surface area (Å²) in [7, 11) is 0. The molecule has 0 aliphatic rings. The third-order valence-electron chi connectivity index (χ3n) is 4.25. The number of hydrogen-bond donors (Lipinski definition) is 1. The van der Waals surface area contributed by atoms with Gasteiger partial charge in [0.05, 0.1) is 15.7 Å². The first-order chi connectivity index (χ1) is 13.3. The van der Waals surface area contributed by atoms with Gasteiger partial charge in [-0.2, -0.15) is 0 Å². The van der Waals surface area contributed by atoms with E-state index < -0.39 is 5.91 Å². The second kappa shape index (κ2) is 8.72. The molecular weight excluding hydrogens is 397 g/mol. The lowest BCUT2D eigenvalue weighted by Crippen LogP contribution is -2.11. The molecule has 28 heavy (non-hydrogen) atoms. The summed E-state index contributed by atoms with van der Waals surface area (Å²) in [5, 5.41) is 3.39. The van der Waals surface area contributed by atoms with Crippen molar-refractivity contribution in [3.63, 3.8) is 0 Å². The molecule has 3 aromatic rings. The van der Waals surface area contributed by atoms with Gasteiger partial charge in [-0.3, -0.25) is 4.79 Å². The monoisotopic (exact) mass is 417 g/mol. The maximum absolute atomic E-state index is 12.4. The van der Waals surface area contributed by atoms with Crippen molar-refractivity contribution >= 4 is 34.8 Å². The van der Waals surface area contributed by atoms with Gasteiger partial charge in [0.15, 0.2) is 5.76 Å². The highest BCUT2D eigenvalue weighted by Crippen LogP contribution is 2.31. The molecule has 6 heteroatoms. The first-order valence-electron chi connectivity index (χ1n) is 8.92. The van der Waals surface area contributed by atoms with E-state index >= 15 is 0 Å². The standard InChI is InChI=1S/C22H21Cl2NO3/c1-13(2)16-9-7-14(3)11-20(16)27-12-15-8-10-19(28-15)22(26)25-21-17(23)5-4-6-18(21)24/h4-11,13H,12H2,1-3H3,(H,25,26). The number of amides is 1. The number of rotatable bonds is 6. The Morgan fingerprint density at radius 1 is 1.11 bits per heavy atom. The summed E-state index contributed by atoms with van der Waals surface area (Å²) >= 11 is 12.2. The van der Waals surface area contributed by atoms with E-state index in [1.807, 2.05) is 13.0 Å². The Balaban J connectivity index is 1.69. The SMILES string of the molecule is Cc1ccc(C(C)C)c(OCc2ccc(C(=O)Nc3c(Cl)cccc3Cl)o2)c1. The van der Waals surface area contributed by atoms with Crippen molar-refractivity contribution in [3.8, 4) is 5.75 Å². The third-order valence-corrected chi connectivity index (χ3v) is 4.88. The number of ether oxygens (including phenoxy) is 1. The molecule has 1 heterocycles. The largest absolute Gasteiger partial charge is 0.485 e. The maximum Gasteiger partial charge on any atom is 0.291 e. The zero-order valence-electron chi connectivity index (χ0n) is 15.9. The predicted molar refractivity (Wildman–Crippen MR) is 113 cm³/mol.